The van der Waals surface area contributed by atoms with Gasteiger partial charge in [-0.2, -0.15) is 0 Å². The summed E-state index contributed by atoms with van der Waals surface area (Å²) in [5, 5.41) is 49.6. The fourth-order valence-corrected chi connectivity index (χ4v) is 8.31. The highest BCUT2D eigenvalue weighted by molar-refractivity contribution is 6.28. The van der Waals surface area contributed by atoms with Gasteiger partial charge in [0.2, 0.25) is 5.95 Å². The average molecular weight is 881 g/mol. The van der Waals surface area contributed by atoms with E-state index < -0.39 is 83.0 Å². The number of aliphatic hydroxyl groups is 2. The van der Waals surface area contributed by atoms with Crippen molar-refractivity contribution in [3.05, 3.63) is 47.3 Å². The van der Waals surface area contributed by atoms with Gasteiger partial charge in [0.15, 0.2) is 5.75 Å². The molecule has 2 aliphatic heterocycles. The van der Waals surface area contributed by atoms with Gasteiger partial charge < -0.3 is 64.0 Å². The Balaban J connectivity index is 1.75. The van der Waals surface area contributed by atoms with E-state index in [0.29, 0.717) is 45.5 Å². The van der Waals surface area contributed by atoms with Crippen LogP contribution in [-0.2, 0) is 33.3 Å². The van der Waals surface area contributed by atoms with Crippen LogP contribution in [0.4, 0.5) is 11.6 Å². The van der Waals surface area contributed by atoms with E-state index in [1.807, 2.05) is 18.7 Å². The summed E-state index contributed by atoms with van der Waals surface area (Å²) in [4.78, 5) is 51.2. The highest BCUT2D eigenvalue weighted by Gasteiger charge is 2.50. The number of carbonyl (C=O) groups excluding carboxylic acids is 3. The lowest BCUT2D eigenvalue weighted by molar-refractivity contribution is -0.160. The van der Waals surface area contributed by atoms with Crippen LogP contribution < -0.4 is 15.0 Å². The van der Waals surface area contributed by atoms with E-state index in [-0.39, 0.29) is 49.9 Å². The Morgan fingerprint density at radius 1 is 0.937 bits per heavy atom. The number of phenolic OH excluding ortho intramolecular Hbond substituents is 2. The molecule has 17 nitrogen and oxygen atoms in total. The first-order valence-electron chi connectivity index (χ1n) is 21.5. The van der Waals surface area contributed by atoms with Crippen molar-refractivity contribution in [2.24, 2.45) is 23.7 Å². The van der Waals surface area contributed by atoms with Crippen molar-refractivity contribution in [1.82, 2.24) is 9.97 Å². The molecule has 3 heterocycles. The first-order valence-corrected chi connectivity index (χ1v) is 21.5. The third-order valence-electron chi connectivity index (χ3n) is 12.2. The van der Waals surface area contributed by atoms with Crippen molar-refractivity contribution in [1.29, 1.82) is 0 Å². The number of ether oxygens (including phenoxy) is 6. The van der Waals surface area contributed by atoms with Gasteiger partial charge in [0, 0.05) is 87.5 Å². The molecule has 0 saturated carbocycles. The summed E-state index contributed by atoms with van der Waals surface area (Å²) in [7, 11) is 1.46. The predicted octanol–water partition coefficient (Wildman–Crippen LogP) is 5.80. The maximum atomic E-state index is 14.7. The second-order valence-electron chi connectivity index (χ2n) is 16.5. The van der Waals surface area contributed by atoms with Gasteiger partial charge in [-0.3, -0.25) is 14.4 Å². The number of aromatic nitrogens is 2. The summed E-state index contributed by atoms with van der Waals surface area (Å²) in [6, 6.07) is 0. The Kier molecular flexibility index (Phi) is 15.9. The number of ketones is 1. The first kappa shape index (κ1) is 48.8. The summed E-state index contributed by atoms with van der Waals surface area (Å²) >= 11 is 0. The molecule has 2 aliphatic rings. The van der Waals surface area contributed by atoms with Crippen LogP contribution in [0.1, 0.15) is 78.2 Å². The molecule has 0 fully saturated rings. The number of rotatable bonds is 11. The maximum Gasteiger partial charge on any atom is 0.312 e. The van der Waals surface area contributed by atoms with Crippen molar-refractivity contribution in [3.8, 4) is 17.2 Å². The number of allylic oxidation sites excluding steroid dienone is 2. The molecule has 346 valence electrons. The van der Waals surface area contributed by atoms with Crippen molar-refractivity contribution in [3.63, 3.8) is 0 Å². The van der Waals surface area contributed by atoms with Crippen LogP contribution in [0.15, 0.2) is 36.1 Å². The molecule has 3 aromatic rings. The lowest BCUT2D eigenvalue weighted by Crippen LogP contribution is -2.46. The zero-order valence-electron chi connectivity index (χ0n) is 38.1. The molecule has 4 bridgehead atoms. The average Bonchev–Trinajstić information content (AvgIpc) is 3.80. The number of hydrogen-bond donors (Lipinski definition) is 6. The minimum absolute atomic E-state index is 0.00324. The minimum Gasteiger partial charge on any atom is -0.507 e. The monoisotopic (exact) mass is 880 g/mol. The Labute approximate surface area is 368 Å². The Bertz CT molecular complexity index is 2240. The lowest BCUT2D eigenvalue weighted by Gasteiger charge is -2.38. The Hall–Kier alpha value is -5.20. The number of aliphatic hydroxyl groups excluding tert-OH is 2. The number of fused-ring (bicyclic) bond motifs is 1. The SMILES string of the molecule is CCOCCN(CCOCC)c1nc2c([nH]1)c1c(O)c3c(O)c(C)c4c(c32)C(=O)[C@@](C)(O/C=C/[C@H](OC)[C@@H](C)[C@H](OC(C)=O)[C@H](C)[C@@H](O)[C@H](C)[C@@H](O)[C@H](C)/C=C/C=C(/C)C(=O)N1)O4. The molecule has 0 aliphatic carbocycles. The summed E-state index contributed by atoms with van der Waals surface area (Å²) < 4.78 is 35.3. The van der Waals surface area contributed by atoms with Crippen molar-refractivity contribution in [2.75, 3.05) is 56.8 Å². The Morgan fingerprint density at radius 3 is 2.19 bits per heavy atom. The van der Waals surface area contributed by atoms with E-state index in [9.17, 15) is 34.8 Å². The Morgan fingerprint density at radius 2 is 1.59 bits per heavy atom. The molecule has 5 rings (SSSR count). The van der Waals surface area contributed by atoms with Crippen LogP contribution in [0.2, 0.25) is 0 Å². The highest BCUT2D eigenvalue weighted by atomic mass is 16.7. The summed E-state index contributed by atoms with van der Waals surface area (Å²) in [5.74, 6) is -6.90. The third-order valence-corrected chi connectivity index (χ3v) is 12.2. The van der Waals surface area contributed by atoms with Crippen LogP contribution in [0.5, 0.6) is 17.2 Å². The number of Topliss-reactive ketones (excluding diaryl/α,β-unsaturated/α-hetero) is 1. The van der Waals surface area contributed by atoms with Gasteiger partial charge in [-0.25, -0.2) is 4.98 Å². The minimum atomic E-state index is -1.99. The van der Waals surface area contributed by atoms with Gasteiger partial charge in [-0.1, -0.05) is 45.9 Å². The molecule has 0 unspecified atom stereocenters. The number of esters is 1. The smallest absolute Gasteiger partial charge is 0.312 e. The number of aromatic amines is 1. The standard InChI is InChI=1S/C46H64N4O13/c1-12-59-21-18-50(19-22-60-13-2)45-48-34-31-32-39(54)28(8)42-33(31)43(56)46(10,63-42)61-20-17-30(58-11)25(5)41(62-29(9)51)27(7)38(53)26(6)37(52)23(3)15-14-16-24(4)44(57)47-36(40(32)55)35(34)49-45/h14-17,20,23,25-27,30,37-38,41,52-55H,12-13,18-19,21-22H2,1-11H3,(H,47,57)(H,48,49)/b15-14+,20-17+,24-16-/t23-,25-,26-,27-,30+,37+,38+,41+,46+/m1/s1. The topological polar surface area (TPSA) is 231 Å². The molecule has 1 aromatic heterocycles. The molecule has 2 aromatic carbocycles. The molecule has 0 saturated heterocycles. The fourth-order valence-electron chi connectivity index (χ4n) is 8.31. The van der Waals surface area contributed by atoms with Crippen LogP contribution in [-0.4, -0.2) is 125 Å². The normalized spacial score (nSPS) is 28.9. The number of carbonyl (C=O) groups is 3. The van der Waals surface area contributed by atoms with Crippen LogP contribution in [0, 0.1) is 30.6 Å². The predicted molar refractivity (Wildman–Crippen MR) is 237 cm³/mol. The number of phenols is 2. The third kappa shape index (κ3) is 9.97. The molecule has 17 heteroatoms. The highest BCUT2D eigenvalue weighted by Crippen LogP contribution is 2.54. The summed E-state index contributed by atoms with van der Waals surface area (Å²) in [6.07, 6.45) is 3.79. The van der Waals surface area contributed by atoms with Crippen molar-refractivity contribution in [2.45, 2.75) is 99.4 Å². The number of anilines is 2. The van der Waals surface area contributed by atoms with E-state index in [1.165, 1.54) is 40.2 Å². The van der Waals surface area contributed by atoms with Gasteiger partial charge in [0.25, 0.3) is 11.7 Å². The summed E-state index contributed by atoms with van der Waals surface area (Å²) in [5.41, 5.74) is 0.525. The quantitative estimate of drug-likeness (QED) is 0.0759. The number of imidazole rings is 1. The van der Waals surface area contributed by atoms with E-state index in [4.69, 9.17) is 33.4 Å². The molecular weight excluding hydrogens is 817 g/mol. The maximum absolute atomic E-state index is 14.7. The molecule has 63 heavy (non-hydrogen) atoms. The van der Waals surface area contributed by atoms with E-state index in [2.05, 4.69) is 10.3 Å². The van der Waals surface area contributed by atoms with Crippen LogP contribution >= 0.6 is 0 Å². The molecular formula is C46H64N4O13. The lowest BCUT2D eigenvalue weighted by atomic mass is 9.78. The number of aromatic hydroxyl groups is 2. The molecule has 1 amide bonds. The van der Waals surface area contributed by atoms with Crippen LogP contribution in [0.3, 0.4) is 0 Å². The second-order valence-corrected chi connectivity index (χ2v) is 16.5. The molecule has 9 atom stereocenters. The number of methoxy groups -OCH3 is 1. The van der Waals surface area contributed by atoms with Crippen molar-refractivity contribution < 1.29 is 63.2 Å². The molecule has 6 N–H and O–H groups in total. The van der Waals surface area contributed by atoms with E-state index >= 15 is 0 Å². The zero-order valence-corrected chi connectivity index (χ0v) is 38.1. The van der Waals surface area contributed by atoms with E-state index in [0.717, 1.165) is 0 Å². The van der Waals surface area contributed by atoms with Crippen LogP contribution in [0.25, 0.3) is 21.8 Å². The van der Waals surface area contributed by atoms with Gasteiger partial charge in [0.05, 0.1) is 54.3 Å². The van der Waals surface area contributed by atoms with Crippen molar-refractivity contribution >= 4 is 51.1 Å². The van der Waals surface area contributed by atoms with Gasteiger partial charge in [-0.05, 0) is 33.8 Å². The van der Waals surface area contributed by atoms with Gasteiger partial charge >= 0.3 is 11.8 Å². The molecule has 0 spiro atoms. The largest absolute Gasteiger partial charge is 0.507 e. The number of amides is 1. The van der Waals surface area contributed by atoms with E-state index in [1.54, 1.807) is 52.8 Å². The molecule has 0 radical (unpaired) electrons. The number of H-pyrrole nitrogens is 1. The number of nitrogens with zero attached hydrogens (tertiary/aromatic N) is 2. The number of benzene rings is 2. The van der Waals surface area contributed by atoms with Gasteiger partial charge in [0.1, 0.15) is 28.8 Å². The van der Waals surface area contributed by atoms with Gasteiger partial charge in [-0.15, -0.1) is 0 Å². The second kappa shape index (κ2) is 20.5. The zero-order chi connectivity index (χ0) is 46.5. The summed E-state index contributed by atoms with van der Waals surface area (Å²) in [6.45, 7) is 19.0. The number of hydrogen-bond acceptors (Lipinski definition) is 15. The number of nitrogens with one attached hydrogen (secondary N) is 2. The first-order chi connectivity index (χ1) is 29.8. The fraction of sp³-hybridized carbons (Fsp3) is 0.565.